The van der Waals surface area contributed by atoms with Crippen molar-refractivity contribution in [2.24, 2.45) is 11.8 Å². The highest BCUT2D eigenvalue weighted by molar-refractivity contribution is 4.81. The highest BCUT2D eigenvalue weighted by Gasteiger charge is 2.26. The molecule has 0 radical (unpaired) electrons. The van der Waals surface area contributed by atoms with Gasteiger partial charge in [-0.3, -0.25) is 0 Å². The Kier molecular flexibility index (Phi) is 9.54. The number of ether oxygens (including phenoxy) is 1. The average molecular weight is 269 g/mol. The number of unbranched alkanes of at least 4 members (excludes halogenated alkanes) is 1. The molecule has 2 heteroatoms. The van der Waals surface area contributed by atoms with Crippen LogP contribution in [0.3, 0.4) is 0 Å². The molecular weight excluding hydrogens is 234 g/mol. The molecule has 1 aliphatic rings. The molecule has 0 amide bonds. The molecule has 0 aliphatic heterocycles. The summed E-state index contributed by atoms with van der Waals surface area (Å²) in [4.78, 5) is 0. The van der Waals surface area contributed by atoms with E-state index in [0.29, 0.717) is 0 Å². The van der Waals surface area contributed by atoms with Crippen LogP contribution >= 0.6 is 0 Å². The Morgan fingerprint density at radius 3 is 2.42 bits per heavy atom. The van der Waals surface area contributed by atoms with E-state index in [2.05, 4.69) is 19.2 Å². The van der Waals surface area contributed by atoms with E-state index in [-0.39, 0.29) is 0 Å². The molecule has 2 nitrogen and oxygen atoms in total. The zero-order valence-electron chi connectivity index (χ0n) is 13.4. The van der Waals surface area contributed by atoms with Crippen LogP contribution < -0.4 is 5.32 Å². The predicted octanol–water partition coefficient (Wildman–Crippen LogP) is 4.39. The van der Waals surface area contributed by atoms with Gasteiger partial charge in [-0.2, -0.15) is 0 Å². The van der Waals surface area contributed by atoms with Gasteiger partial charge in [-0.25, -0.2) is 0 Å². The van der Waals surface area contributed by atoms with Gasteiger partial charge in [0.2, 0.25) is 0 Å². The Balaban J connectivity index is 2.27. The van der Waals surface area contributed by atoms with Crippen LogP contribution in [0.5, 0.6) is 0 Å². The van der Waals surface area contributed by atoms with E-state index in [1.807, 2.05) is 0 Å². The van der Waals surface area contributed by atoms with Gasteiger partial charge >= 0.3 is 0 Å². The van der Waals surface area contributed by atoms with Crippen molar-refractivity contribution in [1.82, 2.24) is 5.32 Å². The molecule has 1 aliphatic carbocycles. The predicted molar refractivity (Wildman–Crippen MR) is 83.5 cm³/mol. The Labute approximate surface area is 120 Å². The van der Waals surface area contributed by atoms with Gasteiger partial charge in [-0.05, 0) is 44.1 Å². The second-order valence-electron chi connectivity index (χ2n) is 6.22. The zero-order chi connectivity index (χ0) is 13.9. The molecule has 1 unspecified atom stereocenters. The molecule has 0 aromatic carbocycles. The molecule has 0 spiro atoms. The maximum Gasteiger partial charge on any atom is 0.0462 e. The van der Waals surface area contributed by atoms with Crippen molar-refractivity contribution < 1.29 is 4.74 Å². The number of rotatable bonds is 10. The van der Waals surface area contributed by atoms with E-state index in [4.69, 9.17) is 4.74 Å². The molecule has 0 heterocycles. The third kappa shape index (κ3) is 6.76. The first-order valence-corrected chi connectivity index (χ1v) is 8.54. The van der Waals surface area contributed by atoms with Crippen molar-refractivity contribution in [2.45, 2.75) is 77.7 Å². The minimum Gasteiger partial charge on any atom is -0.385 e. The second kappa shape index (κ2) is 10.7. The molecule has 1 saturated carbocycles. The lowest BCUT2D eigenvalue weighted by molar-refractivity contribution is 0.169. The summed E-state index contributed by atoms with van der Waals surface area (Å²) >= 11 is 0. The van der Waals surface area contributed by atoms with Crippen molar-refractivity contribution in [3.63, 3.8) is 0 Å². The smallest absolute Gasteiger partial charge is 0.0462 e. The van der Waals surface area contributed by atoms with Crippen LogP contribution in [0.4, 0.5) is 0 Å². The van der Waals surface area contributed by atoms with Crippen LogP contribution in [-0.2, 0) is 4.74 Å². The Hall–Kier alpha value is -0.0800. The molecule has 0 saturated heterocycles. The lowest BCUT2D eigenvalue weighted by atomic mass is 9.76. The van der Waals surface area contributed by atoms with Crippen LogP contribution in [0.25, 0.3) is 0 Å². The maximum atomic E-state index is 5.19. The highest BCUT2D eigenvalue weighted by atomic mass is 16.5. The van der Waals surface area contributed by atoms with Gasteiger partial charge < -0.3 is 10.1 Å². The van der Waals surface area contributed by atoms with Gasteiger partial charge in [0.1, 0.15) is 0 Å². The minimum atomic E-state index is 0.729. The fraction of sp³-hybridized carbons (Fsp3) is 1.00. The van der Waals surface area contributed by atoms with E-state index in [9.17, 15) is 0 Å². The molecule has 1 rings (SSSR count). The van der Waals surface area contributed by atoms with Gasteiger partial charge in [0, 0.05) is 19.8 Å². The zero-order valence-corrected chi connectivity index (χ0v) is 13.4. The first-order valence-electron chi connectivity index (χ1n) is 8.54. The standard InChI is InChI=1S/C17H35NO/c1-4-6-8-15-10-12-16(13-11-15)17(18-5-2)9-7-14-19-3/h15-18H,4-14H2,1-3H3. The average Bonchev–Trinajstić information content (AvgIpc) is 2.45. The molecule has 1 N–H and O–H groups in total. The molecule has 114 valence electrons. The van der Waals surface area contributed by atoms with Crippen molar-refractivity contribution >= 4 is 0 Å². The van der Waals surface area contributed by atoms with Gasteiger partial charge in [0.05, 0.1) is 0 Å². The summed E-state index contributed by atoms with van der Waals surface area (Å²) in [6.45, 7) is 6.56. The third-order valence-electron chi connectivity index (χ3n) is 4.76. The number of nitrogens with one attached hydrogen (secondary N) is 1. The Bertz CT molecular complexity index is 199. The summed E-state index contributed by atoms with van der Waals surface area (Å²) in [6, 6.07) is 0.729. The number of hydrogen-bond donors (Lipinski definition) is 1. The Morgan fingerprint density at radius 1 is 1.11 bits per heavy atom. The van der Waals surface area contributed by atoms with Gasteiger partial charge in [-0.15, -0.1) is 0 Å². The van der Waals surface area contributed by atoms with E-state index in [0.717, 1.165) is 31.0 Å². The number of methoxy groups -OCH3 is 1. The third-order valence-corrected chi connectivity index (χ3v) is 4.76. The largest absolute Gasteiger partial charge is 0.385 e. The summed E-state index contributed by atoms with van der Waals surface area (Å²) < 4.78 is 5.19. The van der Waals surface area contributed by atoms with Crippen LogP contribution in [-0.4, -0.2) is 26.3 Å². The minimum absolute atomic E-state index is 0.729. The second-order valence-corrected chi connectivity index (χ2v) is 6.22. The molecule has 0 bridgehead atoms. The monoisotopic (exact) mass is 269 g/mol. The quantitative estimate of drug-likeness (QED) is 0.594. The van der Waals surface area contributed by atoms with Gasteiger partial charge in [0.25, 0.3) is 0 Å². The van der Waals surface area contributed by atoms with E-state index < -0.39 is 0 Å². The SMILES string of the molecule is CCCCC1CCC(C(CCCOC)NCC)CC1. The fourth-order valence-corrected chi connectivity index (χ4v) is 3.59. The molecular formula is C17H35NO. The van der Waals surface area contributed by atoms with Gasteiger partial charge in [0.15, 0.2) is 0 Å². The molecule has 19 heavy (non-hydrogen) atoms. The first kappa shape index (κ1) is 17.0. The summed E-state index contributed by atoms with van der Waals surface area (Å²) in [5, 5.41) is 3.71. The van der Waals surface area contributed by atoms with E-state index >= 15 is 0 Å². The first-order chi connectivity index (χ1) is 9.31. The van der Waals surface area contributed by atoms with Crippen molar-refractivity contribution in [3.8, 4) is 0 Å². The summed E-state index contributed by atoms with van der Waals surface area (Å²) in [7, 11) is 1.81. The fourth-order valence-electron chi connectivity index (χ4n) is 3.59. The molecule has 0 aromatic heterocycles. The van der Waals surface area contributed by atoms with E-state index in [1.54, 1.807) is 7.11 Å². The van der Waals surface area contributed by atoms with Crippen molar-refractivity contribution in [3.05, 3.63) is 0 Å². The summed E-state index contributed by atoms with van der Waals surface area (Å²) in [5.41, 5.74) is 0. The van der Waals surface area contributed by atoms with Crippen molar-refractivity contribution in [2.75, 3.05) is 20.3 Å². The topological polar surface area (TPSA) is 21.3 Å². The van der Waals surface area contributed by atoms with Crippen molar-refractivity contribution in [1.29, 1.82) is 0 Å². The highest BCUT2D eigenvalue weighted by Crippen LogP contribution is 2.34. The van der Waals surface area contributed by atoms with Crippen LogP contribution in [0.1, 0.15) is 71.6 Å². The molecule has 0 aromatic rings. The summed E-state index contributed by atoms with van der Waals surface area (Å²) in [6.07, 6.45) is 12.6. The van der Waals surface area contributed by atoms with Crippen LogP contribution in [0.15, 0.2) is 0 Å². The molecule has 1 atom stereocenters. The number of hydrogen-bond acceptors (Lipinski definition) is 2. The van der Waals surface area contributed by atoms with Crippen LogP contribution in [0, 0.1) is 11.8 Å². The lowest BCUT2D eigenvalue weighted by Crippen LogP contribution is -2.38. The van der Waals surface area contributed by atoms with Crippen LogP contribution in [0.2, 0.25) is 0 Å². The maximum absolute atomic E-state index is 5.19. The molecule has 1 fully saturated rings. The lowest BCUT2D eigenvalue weighted by Gasteiger charge is -2.34. The summed E-state index contributed by atoms with van der Waals surface area (Å²) in [5.74, 6) is 1.94. The van der Waals surface area contributed by atoms with Gasteiger partial charge in [-0.1, -0.05) is 46.0 Å². The Morgan fingerprint density at radius 2 is 1.84 bits per heavy atom. The normalized spacial score (nSPS) is 25.4. The van der Waals surface area contributed by atoms with E-state index in [1.165, 1.54) is 57.8 Å².